The van der Waals surface area contributed by atoms with Crippen LogP contribution in [-0.2, 0) is 6.42 Å². The number of hydrogen-bond donors (Lipinski definition) is 1. The summed E-state index contributed by atoms with van der Waals surface area (Å²) in [5.74, 6) is 0.561. The summed E-state index contributed by atoms with van der Waals surface area (Å²) in [5.41, 5.74) is 3.60. The fourth-order valence-electron chi connectivity index (χ4n) is 3.54. The molecule has 4 rings (SSSR count). The van der Waals surface area contributed by atoms with Crippen LogP contribution in [0.15, 0.2) is 18.2 Å². The van der Waals surface area contributed by atoms with Gasteiger partial charge in [-0.05, 0) is 50.0 Å². The van der Waals surface area contributed by atoms with Crippen molar-refractivity contribution in [2.24, 2.45) is 5.92 Å². The molecule has 0 unspecified atom stereocenters. The van der Waals surface area contributed by atoms with Crippen LogP contribution in [0.1, 0.15) is 61.5 Å². The third kappa shape index (κ3) is 3.53. The van der Waals surface area contributed by atoms with E-state index >= 15 is 0 Å². The molecule has 2 aromatic rings. The van der Waals surface area contributed by atoms with Gasteiger partial charge in [-0.1, -0.05) is 31.5 Å². The Morgan fingerprint density at radius 1 is 1.23 bits per heavy atom. The highest BCUT2D eigenvalue weighted by Gasteiger charge is 2.32. The summed E-state index contributed by atoms with van der Waals surface area (Å²) in [4.78, 5) is 15.0. The van der Waals surface area contributed by atoms with Crippen LogP contribution in [0.25, 0.3) is 10.9 Å². The van der Waals surface area contributed by atoms with Crippen LogP contribution in [0.5, 0.6) is 0 Å². The first-order valence-corrected chi connectivity index (χ1v) is 9.98. The van der Waals surface area contributed by atoms with Gasteiger partial charge < -0.3 is 10.2 Å². The molecule has 138 valence electrons. The van der Waals surface area contributed by atoms with Gasteiger partial charge in [0.2, 0.25) is 0 Å². The molecular weight excluding hydrogens is 324 g/mol. The van der Waals surface area contributed by atoms with Gasteiger partial charge in [-0.15, -0.1) is 10.2 Å². The maximum absolute atomic E-state index is 12.8. The lowest BCUT2D eigenvalue weighted by molar-refractivity contribution is 0.0946. The fourth-order valence-corrected chi connectivity index (χ4v) is 3.54. The van der Waals surface area contributed by atoms with Gasteiger partial charge in [0.1, 0.15) is 0 Å². The molecule has 1 aromatic carbocycles. The molecule has 0 spiro atoms. The Kier molecular flexibility index (Phi) is 4.79. The van der Waals surface area contributed by atoms with Crippen molar-refractivity contribution in [3.63, 3.8) is 0 Å². The summed E-state index contributed by atoms with van der Waals surface area (Å²) >= 11 is 0. The number of aromatic nitrogens is 2. The quantitative estimate of drug-likeness (QED) is 0.787. The number of hydrogen-bond acceptors (Lipinski definition) is 4. The van der Waals surface area contributed by atoms with Gasteiger partial charge >= 0.3 is 0 Å². The van der Waals surface area contributed by atoms with Crippen LogP contribution in [0.2, 0.25) is 0 Å². The number of rotatable bonds is 8. The maximum Gasteiger partial charge on any atom is 0.274 e. The van der Waals surface area contributed by atoms with Gasteiger partial charge in [0.05, 0.1) is 11.2 Å². The smallest absolute Gasteiger partial charge is 0.274 e. The second-order valence-corrected chi connectivity index (χ2v) is 7.81. The number of fused-ring (bicyclic) bond motifs is 1. The molecule has 5 nitrogen and oxygen atoms in total. The molecule has 0 aliphatic heterocycles. The number of nitrogens with one attached hydrogen (secondary N) is 1. The van der Waals surface area contributed by atoms with Crippen LogP contribution in [0, 0.1) is 5.92 Å². The highest BCUT2D eigenvalue weighted by molar-refractivity contribution is 6.06. The summed E-state index contributed by atoms with van der Waals surface area (Å²) in [7, 11) is 2.09. The summed E-state index contributed by atoms with van der Waals surface area (Å²) in [6.07, 6.45) is 8.09. The lowest BCUT2D eigenvalue weighted by atomic mass is 10.0. The molecule has 1 N–H and O–H groups in total. The van der Waals surface area contributed by atoms with Crippen molar-refractivity contribution in [2.45, 2.75) is 57.9 Å². The number of anilines is 1. The molecular formula is C21H28N4O. The standard InChI is InChI=1S/C21H28N4O/c1-3-4-6-15-7-5-8-17-18(15)23-24-19(20(17)25(2)16-11-12-16)21(26)22-13-14-9-10-14/h5,7-8,14,16H,3-4,6,9-13H2,1-2H3,(H,22,26). The number of benzene rings is 1. The normalized spacial score (nSPS) is 16.7. The molecule has 2 saturated carbocycles. The van der Waals surface area contributed by atoms with E-state index in [4.69, 9.17) is 0 Å². The minimum absolute atomic E-state index is 0.0900. The molecule has 0 saturated heterocycles. The summed E-state index contributed by atoms with van der Waals surface area (Å²) in [6, 6.07) is 6.83. The highest BCUT2D eigenvalue weighted by atomic mass is 16.1. The number of carbonyl (C=O) groups excluding carboxylic acids is 1. The second-order valence-electron chi connectivity index (χ2n) is 7.81. The number of amides is 1. The third-order valence-electron chi connectivity index (χ3n) is 5.56. The van der Waals surface area contributed by atoms with E-state index in [1.165, 1.54) is 31.2 Å². The third-order valence-corrected chi connectivity index (χ3v) is 5.56. The average molecular weight is 352 g/mol. The highest BCUT2D eigenvalue weighted by Crippen LogP contribution is 2.37. The molecule has 0 bridgehead atoms. The van der Waals surface area contributed by atoms with Crippen molar-refractivity contribution >= 4 is 22.5 Å². The summed E-state index contributed by atoms with van der Waals surface area (Å²) in [6.45, 7) is 2.95. The maximum atomic E-state index is 12.8. The van der Waals surface area contributed by atoms with E-state index in [1.807, 2.05) is 0 Å². The largest absolute Gasteiger partial charge is 0.369 e. The Labute approximate surface area is 155 Å². The topological polar surface area (TPSA) is 58.1 Å². The minimum Gasteiger partial charge on any atom is -0.369 e. The molecule has 5 heteroatoms. The van der Waals surface area contributed by atoms with E-state index in [0.29, 0.717) is 17.7 Å². The van der Waals surface area contributed by atoms with Crippen LogP contribution >= 0.6 is 0 Å². The molecule has 2 aliphatic rings. The van der Waals surface area contributed by atoms with Gasteiger partial charge in [-0.25, -0.2) is 0 Å². The summed E-state index contributed by atoms with van der Waals surface area (Å²) in [5, 5.41) is 13.0. The predicted molar refractivity (Wildman–Crippen MR) is 105 cm³/mol. The molecule has 1 amide bonds. The first-order chi connectivity index (χ1) is 12.7. The van der Waals surface area contributed by atoms with Crippen molar-refractivity contribution in [1.29, 1.82) is 0 Å². The lowest BCUT2D eigenvalue weighted by Crippen LogP contribution is -2.30. The molecule has 0 atom stereocenters. The van der Waals surface area contributed by atoms with E-state index in [2.05, 4.69) is 52.6 Å². The number of unbranched alkanes of at least 4 members (excludes halogenated alkanes) is 1. The first-order valence-electron chi connectivity index (χ1n) is 9.98. The minimum atomic E-state index is -0.0900. The Morgan fingerprint density at radius 2 is 2.04 bits per heavy atom. The van der Waals surface area contributed by atoms with Crippen molar-refractivity contribution in [1.82, 2.24) is 15.5 Å². The Morgan fingerprint density at radius 3 is 2.73 bits per heavy atom. The van der Waals surface area contributed by atoms with Crippen LogP contribution < -0.4 is 10.2 Å². The lowest BCUT2D eigenvalue weighted by Gasteiger charge is -2.23. The van der Waals surface area contributed by atoms with E-state index in [9.17, 15) is 4.79 Å². The second kappa shape index (κ2) is 7.22. The van der Waals surface area contributed by atoms with Crippen molar-refractivity contribution in [2.75, 3.05) is 18.5 Å². The van der Waals surface area contributed by atoms with E-state index in [1.54, 1.807) is 0 Å². The SMILES string of the molecule is CCCCc1cccc2c(N(C)C3CC3)c(C(=O)NCC3CC3)nnc12. The molecule has 0 radical (unpaired) electrons. The number of nitrogens with zero attached hydrogens (tertiary/aromatic N) is 3. The average Bonchev–Trinajstić information content (AvgIpc) is 3.56. The van der Waals surface area contributed by atoms with Crippen molar-refractivity contribution in [3.05, 3.63) is 29.5 Å². The van der Waals surface area contributed by atoms with Crippen molar-refractivity contribution < 1.29 is 4.79 Å². The molecule has 1 aromatic heterocycles. The first kappa shape index (κ1) is 17.3. The zero-order chi connectivity index (χ0) is 18.1. The molecule has 1 heterocycles. The Bertz CT molecular complexity index is 811. The fraction of sp³-hybridized carbons (Fsp3) is 0.571. The van der Waals surface area contributed by atoms with Gasteiger partial charge in [-0.2, -0.15) is 0 Å². The van der Waals surface area contributed by atoms with Gasteiger partial charge in [0, 0.05) is 25.0 Å². The van der Waals surface area contributed by atoms with E-state index < -0.39 is 0 Å². The number of aryl methyl sites for hydroxylation is 1. The van der Waals surface area contributed by atoms with Crippen molar-refractivity contribution in [3.8, 4) is 0 Å². The summed E-state index contributed by atoms with van der Waals surface area (Å²) < 4.78 is 0. The van der Waals surface area contributed by atoms with Gasteiger partial charge in [0.15, 0.2) is 5.69 Å². The zero-order valence-electron chi connectivity index (χ0n) is 15.8. The molecule has 2 aliphatic carbocycles. The molecule has 2 fully saturated rings. The zero-order valence-corrected chi connectivity index (χ0v) is 15.8. The Balaban J connectivity index is 1.75. The Hall–Kier alpha value is -2.17. The van der Waals surface area contributed by atoms with Gasteiger partial charge in [-0.3, -0.25) is 4.79 Å². The van der Waals surface area contributed by atoms with Gasteiger partial charge in [0.25, 0.3) is 5.91 Å². The van der Waals surface area contributed by atoms with E-state index in [0.717, 1.165) is 42.4 Å². The van der Waals surface area contributed by atoms with Crippen LogP contribution in [-0.4, -0.2) is 35.7 Å². The van der Waals surface area contributed by atoms with Crippen LogP contribution in [0.4, 0.5) is 5.69 Å². The van der Waals surface area contributed by atoms with E-state index in [-0.39, 0.29) is 5.91 Å². The molecule has 26 heavy (non-hydrogen) atoms. The monoisotopic (exact) mass is 352 g/mol. The van der Waals surface area contributed by atoms with Crippen LogP contribution in [0.3, 0.4) is 0 Å². The number of carbonyl (C=O) groups is 1. The predicted octanol–water partition coefficient (Wildman–Crippen LogP) is 3.71.